The molecular formula is C23H17ClN2O4. The number of carbonyl (C=O) groups excluding carboxylic acids is 2. The van der Waals surface area contributed by atoms with Crippen LogP contribution in [-0.4, -0.2) is 23.0 Å². The number of imide groups is 1. The summed E-state index contributed by atoms with van der Waals surface area (Å²) in [7, 11) is 0. The Morgan fingerprint density at radius 1 is 0.800 bits per heavy atom. The van der Waals surface area contributed by atoms with Crippen LogP contribution in [0.4, 0.5) is 11.4 Å². The van der Waals surface area contributed by atoms with E-state index in [1.807, 2.05) is 30.3 Å². The van der Waals surface area contributed by atoms with Crippen molar-refractivity contribution in [3.05, 3.63) is 89.4 Å². The molecule has 30 heavy (non-hydrogen) atoms. The number of carbonyl (C=O) groups is 2. The van der Waals surface area contributed by atoms with E-state index >= 15 is 0 Å². The first-order chi connectivity index (χ1) is 14.5. The molecule has 0 aromatic heterocycles. The van der Waals surface area contributed by atoms with E-state index in [0.29, 0.717) is 10.7 Å². The second kappa shape index (κ2) is 7.16. The Hall–Kier alpha value is -3.35. The number of hydroxylamine groups is 1. The van der Waals surface area contributed by atoms with Crippen LogP contribution in [0.3, 0.4) is 0 Å². The highest BCUT2D eigenvalue weighted by atomic mass is 35.5. The minimum atomic E-state index is -0.938. The number of amides is 2. The molecule has 2 heterocycles. The van der Waals surface area contributed by atoms with Crippen LogP contribution in [0.1, 0.15) is 11.6 Å². The molecule has 3 aromatic carbocycles. The molecular weight excluding hydrogens is 404 g/mol. The molecule has 1 N–H and O–H groups in total. The summed E-state index contributed by atoms with van der Waals surface area (Å²) in [5, 5.41) is 11.8. The minimum Gasteiger partial charge on any atom is -0.508 e. The number of nitrogens with zero attached hydrogens (tertiary/aromatic N) is 2. The largest absolute Gasteiger partial charge is 0.508 e. The minimum absolute atomic E-state index is 0.122. The van der Waals surface area contributed by atoms with E-state index in [9.17, 15) is 14.7 Å². The van der Waals surface area contributed by atoms with E-state index in [4.69, 9.17) is 16.4 Å². The first-order valence-corrected chi connectivity index (χ1v) is 9.86. The Labute approximate surface area is 177 Å². The fourth-order valence-corrected chi connectivity index (χ4v) is 4.19. The number of para-hydroxylation sites is 1. The molecule has 5 rings (SSSR count). The van der Waals surface area contributed by atoms with Gasteiger partial charge in [-0.3, -0.25) is 14.4 Å². The monoisotopic (exact) mass is 420 g/mol. The third-order valence-electron chi connectivity index (χ3n) is 5.45. The van der Waals surface area contributed by atoms with Gasteiger partial charge in [0.15, 0.2) is 6.10 Å². The number of phenolic OH excluding ortho intramolecular Hbond substituents is 1. The molecule has 0 spiro atoms. The number of anilines is 2. The van der Waals surface area contributed by atoms with Gasteiger partial charge in [0.05, 0.1) is 17.4 Å². The average Bonchev–Trinajstić information content (AvgIpc) is 3.27. The van der Waals surface area contributed by atoms with Gasteiger partial charge in [-0.05, 0) is 54.1 Å². The zero-order valence-electron chi connectivity index (χ0n) is 15.7. The van der Waals surface area contributed by atoms with E-state index in [2.05, 4.69) is 0 Å². The van der Waals surface area contributed by atoms with Gasteiger partial charge in [-0.15, -0.1) is 0 Å². The molecule has 3 aromatic rings. The summed E-state index contributed by atoms with van der Waals surface area (Å²) in [5.41, 5.74) is 1.97. The normalized spacial score (nSPS) is 23.2. The van der Waals surface area contributed by atoms with Crippen molar-refractivity contribution in [2.24, 2.45) is 5.92 Å². The quantitative estimate of drug-likeness (QED) is 0.646. The molecule has 6 nitrogen and oxygen atoms in total. The summed E-state index contributed by atoms with van der Waals surface area (Å²) in [5.74, 6) is -1.34. The highest BCUT2D eigenvalue weighted by Gasteiger charge is 2.60. The van der Waals surface area contributed by atoms with E-state index in [1.54, 1.807) is 53.6 Å². The topological polar surface area (TPSA) is 70.1 Å². The Bertz CT molecular complexity index is 1100. The van der Waals surface area contributed by atoms with Crippen LogP contribution in [0.15, 0.2) is 78.9 Å². The van der Waals surface area contributed by atoms with Crippen molar-refractivity contribution in [2.45, 2.75) is 12.1 Å². The van der Waals surface area contributed by atoms with Crippen molar-refractivity contribution in [3.63, 3.8) is 0 Å². The molecule has 0 bridgehead atoms. The SMILES string of the molecule is O=C1C2ON(c3ccccc3)C(c3ccc(O)cc3)C2C(=O)N1c1ccc(Cl)cc1. The molecule has 7 heteroatoms. The van der Waals surface area contributed by atoms with E-state index < -0.39 is 24.0 Å². The summed E-state index contributed by atoms with van der Waals surface area (Å²) in [6.45, 7) is 0. The second-order valence-electron chi connectivity index (χ2n) is 7.24. The zero-order chi connectivity index (χ0) is 20.8. The van der Waals surface area contributed by atoms with Gasteiger partial charge in [0, 0.05) is 5.02 Å². The maximum absolute atomic E-state index is 13.4. The molecule has 3 atom stereocenters. The molecule has 0 radical (unpaired) electrons. The summed E-state index contributed by atoms with van der Waals surface area (Å²) in [6.07, 6.45) is -0.938. The standard InChI is InChI=1S/C23H17ClN2O4/c24-15-8-10-16(11-9-15)25-22(28)19-20(14-6-12-18(27)13-7-14)26(30-21(19)23(25)29)17-4-2-1-3-5-17/h1-13,19-21,27H. The van der Waals surface area contributed by atoms with Crippen molar-refractivity contribution >= 4 is 34.8 Å². The Balaban J connectivity index is 1.58. The molecule has 2 amide bonds. The van der Waals surface area contributed by atoms with Gasteiger partial charge in [0.1, 0.15) is 11.7 Å². The molecule has 2 aliphatic rings. The highest BCUT2D eigenvalue weighted by Crippen LogP contribution is 2.47. The van der Waals surface area contributed by atoms with Crippen molar-refractivity contribution in [3.8, 4) is 5.75 Å². The molecule has 2 saturated heterocycles. The second-order valence-corrected chi connectivity index (χ2v) is 7.67. The molecule has 150 valence electrons. The lowest BCUT2D eigenvalue weighted by Gasteiger charge is -2.28. The maximum atomic E-state index is 13.4. The number of fused-ring (bicyclic) bond motifs is 1. The fourth-order valence-electron chi connectivity index (χ4n) is 4.07. The van der Waals surface area contributed by atoms with Crippen LogP contribution in [0.2, 0.25) is 5.02 Å². The summed E-state index contributed by atoms with van der Waals surface area (Å²) in [4.78, 5) is 33.8. The molecule has 0 aliphatic carbocycles. The van der Waals surface area contributed by atoms with Crippen molar-refractivity contribution in [1.29, 1.82) is 0 Å². The van der Waals surface area contributed by atoms with Crippen LogP contribution in [-0.2, 0) is 14.4 Å². The van der Waals surface area contributed by atoms with Gasteiger partial charge in [0.2, 0.25) is 5.91 Å². The van der Waals surface area contributed by atoms with Crippen molar-refractivity contribution in [1.82, 2.24) is 0 Å². The highest BCUT2D eigenvalue weighted by molar-refractivity contribution is 6.31. The smallest absolute Gasteiger partial charge is 0.266 e. The maximum Gasteiger partial charge on any atom is 0.266 e. The van der Waals surface area contributed by atoms with Crippen molar-refractivity contribution in [2.75, 3.05) is 9.96 Å². The van der Waals surface area contributed by atoms with Gasteiger partial charge >= 0.3 is 0 Å². The number of benzene rings is 3. The van der Waals surface area contributed by atoms with Gasteiger partial charge in [0.25, 0.3) is 5.91 Å². The van der Waals surface area contributed by atoms with Gasteiger partial charge in [-0.1, -0.05) is 41.9 Å². The van der Waals surface area contributed by atoms with E-state index in [1.165, 1.54) is 4.90 Å². The fraction of sp³-hybridized carbons (Fsp3) is 0.130. The predicted octanol–water partition coefficient (Wildman–Crippen LogP) is 4.10. The predicted molar refractivity (Wildman–Crippen MR) is 112 cm³/mol. The first kappa shape index (κ1) is 18.7. The van der Waals surface area contributed by atoms with E-state index in [0.717, 1.165) is 11.3 Å². The molecule has 3 unspecified atom stereocenters. The number of phenols is 1. The lowest BCUT2D eigenvalue weighted by atomic mass is 9.90. The summed E-state index contributed by atoms with van der Waals surface area (Å²) in [6, 6.07) is 22.0. The zero-order valence-corrected chi connectivity index (χ0v) is 16.4. The van der Waals surface area contributed by atoms with Crippen LogP contribution in [0, 0.1) is 5.92 Å². The lowest BCUT2D eigenvalue weighted by Crippen LogP contribution is -2.37. The average molecular weight is 421 g/mol. The lowest BCUT2D eigenvalue weighted by molar-refractivity contribution is -0.126. The third kappa shape index (κ3) is 2.93. The van der Waals surface area contributed by atoms with Crippen LogP contribution < -0.4 is 9.96 Å². The Morgan fingerprint density at radius 2 is 1.47 bits per heavy atom. The van der Waals surface area contributed by atoms with E-state index in [-0.39, 0.29) is 11.7 Å². The van der Waals surface area contributed by atoms with Gasteiger partial charge in [-0.2, -0.15) is 0 Å². The van der Waals surface area contributed by atoms with Crippen molar-refractivity contribution < 1.29 is 19.5 Å². The molecule has 2 fully saturated rings. The number of rotatable bonds is 3. The van der Waals surface area contributed by atoms with Crippen LogP contribution in [0.25, 0.3) is 0 Å². The van der Waals surface area contributed by atoms with Gasteiger partial charge < -0.3 is 5.11 Å². The Kier molecular flexibility index (Phi) is 4.46. The van der Waals surface area contributed by atoms with Crippen LogP contribution >= 0.6 is 11.6 Å². The number of halogens is 1. The summed E-state index contributed by atoms with van der Waals surface area (Å²) >= 11 is 5.95. The number of hydrogen-bond donors (Lipinski definition) is 1. The first-order valence-electron chi connectivity index (χ1n) is 9.48. The third-order valence-corrected chi connectivity index (χ3v) is 5.70. The molecule has 0 saturated carbocycles. The van der Waals surface area contributed by atoms with Gasteiger partial charge in [-0.25, -0.2) is 9.96 Å². The van der Waals surface area contributed by atoms with Crippen LogP contribution in [0.5, 0.6) is 5.75 Å². The Morgan fingerprint density at radius 3 is 2.13 bits per heavy atom. The molecule has 2 aliphatic heterocycles. The number of aromatic hydroxyl groups is 1. The number of hydrogen-bond acceptors (Lipinski definition) is 5. The summed E-state index contributed by atoms with van der Waals surface area (Å²) < 4.78 is 0.